The summed E-state index contributed by atoms with van der Waals surface area (Å²) < 4.78 is 5.63. The van der Waals surface area contributed by atoms with Crippen LogP contribution in [-0.2, 0) is 0 Å². The van der Waals surface area contributed by atoms with Crippen LogP contribution in [0.2, 0.25) is 0 Å². The summed E-state index contributed by atoms with van der Waals surface area (Å²) in [6.45, 7) is 4.84. The van der Waals surface area contributed by atoms with Crippen molar-refractivity contribution in [2.24, 2.45) is 11.7 Å². The molecule has 1 aromatic rings. The number of hydrogen-bond donors (Lipinski definition) is 1. The molecule has 82 valence electrons. The van der Waals surface area contributed by atoms with Gasteiger partial charge in [0.05, 0.1) is 6.61 Å². The third-order valence-corrected chi connectivity index (χ3v) is 3.13. The van der Waals surface area contributed by atoms with Crippen LogP contribution in [0.4, 0.5) is 0 Å². The van der Waals surface area contributed by atoms with E-state index in [-0.39, 0.29) is 0 Å². The number of nitrogens with two attached hydrogens (primary N) is 1. The molecule has 3 unspecified atom stereocenters. The molecule has 0 bridgehead atoms. The van der Waals surface area contributed by atoms with Crippen LogP contribution in [0.15, 0.2) is 24.3 Å². The molecule has 1 fully saturated rings. The molecule has 1 saturated carbocycles. The lowest BCUT2D eigenvalue weighted by Crippen LogP contribution is -2.18. The van der Waals surface area contributed by atoms with Crippen LogP contribution < -0.4 is 10.5 Å². The molecule has 0 saturated heterocycles. The molecule has 3 atom stereocenters. The molecule has 2 nitrogen and oxygen atoms in total. The lowest BCUT2D eigenvalue weighted by molar-refractivity contribution is 0.336. The van der Waals surface area contributed by atoms with Crippen LogP contribution in [0.3, 0.4) is 0 Å². The second-order valence-electron chi connectivity index (χ2n) is 4.34. The predicted molar refractivity (Wildman–Crippen MR) is 62.1 cm³/mol. The predicted octanol–water partition coefficient (Wildman–Crippen LogP) is 2.54. The van der Waals surface area contributed by atoms with Crippen molar-refractivity contribution in [3.8, 4) is 5.75 Å². The van der Waals surface area contributed by atoms with E-state index < -0.39 is 0 Å². The van der Waals surface area contributed by atoms with E-state index in [1.165, 1.54) is 12.0 Å². The highest BCUT2D eigenvalue weighted by molar-refractivity contribution is 5.40. The summed E-state index contributed by atoms with van der Waals surface area (Å²) in [5.74, 6) is 2.30. The number of rotatable bonds is 4. The summed E-state index contributed by atoms with van der Waals surface area (Å²) in [5, 5.41) is 0. The molecular formula is C13H19NO. The van der Waals surface area contributed by atoms with E-state index in [2.05, 4.69) is 25.1 Å². The third kappa shape index (κ3) is 2.15. The molecule has 15 heavy (non-hydrogen) atoms. The minimum atomic E-state index is 0.296. The maximum atomic E-state index is 5.91. The van der Waals surface area contributed by atoms with Gasteiger partial charge in [0.1, 0.15) is 5.75 Å². The van der Waals surface area contributed by atoms with E-state index in [1.807, 2.05) is 13.0 Å². The Morgan fingerprint density at radius 1 is 1.47 bits per heavy atom. The zero-order chi connectivity index (χ0) is 10.8. The van der Waals surface area contributed by atoms with E-state index in [1.54, 1.807) is 0 Å². The Balaban J connectivity index is 2.15. The molecule has 0 radical (unpaired) electrons. The molecule has 0 amide bonds. The van der Waals surface area contributed by atoms with E-state index in [4.69, 9.17) is 10.5 Å². The monoisotopic (exact) mass is 205 g/mol. The van der Waals surface area contributed by atoms with Crippen molar-refractivity contribution < 1.29 is 4.74 Å². The summed E-state index contributed by atoms with van der Waals surface area (Å²) in [4.78, 5) is 0. The summed E-state index contributed by atoms with van der Waals surface area (Å²) in [5.41, 5.74) is 7.24. The normalized spacial score (nSPS) is 26.1. The van der Waals surface area contributed by atoms with E-state index in [0.29, 0.717) is 17.9 Å². The van der Waals surface area contributed by atoms with Gasteiger partial charge in [-0.15, -0.1) is 0 Å². The Labute approximate surface area is 91.4 Å². The molecule has 0 aromatic heterocycles. The van der Waals surface area contributed by atoms with Gasteiger partial charge in [0.25, 0.3) is 0 Å². The second kappa shape index (κ2) is 4.23. The molecule has 1 aliphatic carbocycles. The SMILES string of the molecule is CCOc1ccccc1C1CC1C(C)N. The van der Waals surface area contributed by atoms with Gasteiger partial charge in [-0.25, -0.2) is 0 Å². The lowest BCUT2D eigenvalue weighted by Gasteiger charge is -2.10. The van der Waals surface area contributed by atoms with Gasteiger partial charge in [-0.3, -0.25) is 0 Å². The van der Waals surface area contributed by atoms with Gasteiger partial charge >= 0.3 is 0 Å². The van der Waals surface area contributed by atoms with Gasteiger partial charge in [-0.1, -0.05) is 18.2 Å². The fraction of sp³-hybridized carbons (Fsp3) is 0.538. The number of ether oxygens (including phenoxy) is 1. The minimum Gasteiger partial charge on any atom is -0.494 e. The highest BCUT2D eigenvalue weighted by Gasteiger charge is 2.42. The zero-order valence-electron chi connectivity index (χ0n) is 9.44. The molecule has 0 aliphatic heterocycles. The number of benzene rings is 1. The first-order valence-corrected chi connectivity index (χ1v) is 5.71. The van der Waals surface area contributed by atoms with Crippen molar-refractivity contribution in [3.63, 3.8) is 0 Å². The standard InChI is InChI=1S/C13H19NO/c1-3-15-13-7-5-4-6-10(13)12-8-11(12)9(2)14/h4-7,9,11-12H,3,8,14H2,1-2H3. The van der Waals surface area contributed by atoms with Crippen LogP contribution in [-0.4, -0.2) is 12.6 Å². The molecule has 2 N–H and O–H groups in total. The van der Waals surface area contributed by atoms with Crippen molar-refractivity contribution >= 4 is 0 Å². The first kappa shape index (κ1) is 10.5. The second-order valence-corrected chi connectivity index (χ2v) is 4.34. The molecule has 1 aromatic carbocycles. The fourth-order valence-electron chi connectivity index (χ4n) is 2.23. The highest BCUT2D eigenvalue weighted by atomic mass is 16.5. The summed E-state index contributed by atoms with van der Waals surface area (Å²) in [6.07, 6.45) is 1.21. The Morgan fingerprint density at radius 3 is 2.80 bits per heavy atom. The Kier molecular flexibility index (Phi) is 2.96. The van der Waals surface area contributed by atoms with Crippen LogP contribution in [0.1, 0.15) is 31.7 Å². The van der Waals surface area contributed by atoms with Gasteiger partial charge < -0.3 is 10.5 Å². The van der Waals surface area contributed by atoms with E-state index >= 15 is 0 Å². The van der Waals surface area contributed by atoms with Crippen molar-refractivity contribution in [2.75, 3.05) is 6.61 Å². The van der Waals surface area contributed by atoms with Crippen LogP contribution >= 0.6 is 0 Å². The van der Waals surface area contributed by atoms with Gasteiger partial charge in [0.15, 0.2) is 0 Å². The lowest BCUT2D eigenvalue weighted by atomic mass is 10.1. The first-order chi connectivity index (χ1) is 7.24. The van der Waals surface area contributed by atoms with Crippen LogP contribution in [0, 0.1) is 5.92 Å². The molecule has 0 heterocycles. The summed E-state index contributed by atoms with van der Waals surface area (Å²) in [6, 6.07) is 8.62. The molecule has 2 heteroatoms. The average Bonchev–Trinajstić information content (AvgIpc) is 2.99. The maximum Gasteiger partial charge on any atom is 0.122 e. The largest absolute Gasteiger partial charge is 0.494 e. The highest BCUT2D eigenvalue weighted by Crippen LogP contribution is 2.51. The van der Waals surface area contributed by atoms with Crippen LogP contribution in [0.5, 0.6) is 5.75 Å². The van der Waals surface area contributed by atoms with Gasteiger partial charge in [0.2, 0.25) is 0 Å². The third-order valence-electron chi connectivity index (χ3n) is 3.13. The topological polar surface area (TPSA) is 35.2 Å². The number of hydrogen-bond acceptors (Lipinski definition) is 2. The van der Waals surface area contributed by atoms with Gasteiger partial charge in [-0.05, 0) is 43.7 Å². The van der Waals surface area contributed by atoms with Crippen molar-refractivity contribution in [1.82, 2.24) is 0 Å². The number of para-hydroxylation sites is 1. The first-order valence-electron chi connectivity index (χ1n) is 5.71. The van der Waals surface area contributed by atoms with Gasteiger partial charge in [-0.2, -0.15) is 0 Å². The van der Waals surface area contributed by atoms with Crippen molar-refractivity contribution in [2.45, 2.75) is 32.2 Å². The average molecular weight is 205 g/mol. The fourth-order valence-corrected chi connectivity index (χ4v) is 2.23. The molecular weight excluding hydrogens is 186 g/mol. The Bertz CT molecular complexity index is 335. The van der Waals surface area contributed by atoms with Crippen molar-refractivity contribution in [3.05, 3.63) is 29.8 Å². The van der Waals surface area contributed by atoms with Crippen molar-refractivity contribution in [1.29, 1.82) is 0 Å². The van der Waals surface area contributed by atoms with E-state index in [9.17, 15) is 0 Å². The molecule has 2 rings (SSSR count). The summed E-state index contributed by atoms with van der Waals surface area (Å²) >= 11 is 0. The van der Waals surface area contributed by atoms with E-state index in [0.717, 1.165) is 12.4 Å². The zero-order valence-corrected chi connectivity index (χ0v) is 9.44. The quantitative estimate of drug-likeness (QED) is 0.819. The molecule has 1 aliphatic rings. The Hall–Kier alpha value is -1.02. The smallest absolute Gasteiger partial charge is 0.122 e. The molecule has 0 spiro atoms. The summed E-state index contributed by atoms with van der Waals surface area (Å²) in [7, 11) is 0. The minimum absolute atomic E-state index is 0.296. The van der Waals surface area contributed by atoms with Gasteiger partial charge in [0, 0.05) is 6.04 Å². The van der Waals surface area contributed by atoms with Crippen LogP contribution in [0.25, 0.3) is 0 Å². The Morgan fingerprint density at radius 2 is 2.20 bits per heavy atom. The maximum absolute atomic E-state index is 5.91.